The fourth-order valence-corrected chi connectivity index (χ4v) is 1.91. The van der Waals surface area contributed by atoms with Gasteiger partial charge in [-0.25, -0.2) is 0 Å². The van der Waals surface area contributed by atoms with E-state index in [9.17, 15) is 0 Å². The van der Waals surface area contributed by atoms with Gasteiger partial charge in [-0.15, -0.1) is 0 Å². The number of rotatable bonds is 5. The summed E-state index contributed by atoms with van der Waals surface area (Å²) in [7, 11) is 0. The molecule has 0 aromatic heterocycles. The molecule has 0 bridgehead atoms. The average molecular weight is 202 g/mol. The molecule has 0 aliphatic carbocycles. The zero-order chi connectivity index (χ0) is 11.3. The Morgan fingerprint density at radius 1 is 1.27 bits per heavy atom. The maximum absolute atomic E-state index is 3.94. The van der Waals surface area contributed by atoms with Crippen molar-refractivity contribution < 1.29 is 0 Å². The topological polar surface area (TPSA) is 0 Å². The molecule has 1 aromatic rings. The molecule has 1 aromatic carbocycles. The Morgan fingerprint density at radius 2 is 1.87 bits per heavy atom. The lowest BCUT2D eigenvalue weighted by Crippen LogP contribution is -1.93. The Kier molecular flexibility index (Phi) is 4.61. The van der Waals surface area contributed by atoms with Gasteiger partial charge in [0, 0.05) is 0 Å². The normalized spacial score (nSPS) is 12.5. The number of hydrogen-bond acceptors (Lipinski definition) is 0. The van der Waals surface area contributed by atoms with E-state index in [-0.39, 0.29) is 0 Å². The maximum Gasteiger partial charge on any atom is -0.00726 e. The molecular weight excluding hydrogens is 180 g/mol. The van der Waals surface area contributed by atoms with Gasteiger partial charge in [-0.2, -0.15) is 0 Å². The Labute approximate surface area is 94.0 Å². The van der Waals surface area contributed by atoms with Crippen LogP contribution in [0, 0.1) is 0 Å². The van der Waals surface area contributed by atoms with Gasteiger partial charge in [0.05, 0.1) is 0 Å². The van der Waals surface area contributed by atoms with Crippen LogP contribution in [0.25, 0.3) is 0 Å². The molecule has 0 saturated carbocycles. The zero-order valence-electron chi connectivity index (χ0n) is 10.2. The van der Waals surface area contributed by atoms with Gasteiger partial charge in [-0.1, -0.05) is 56.7 Å². The minimum Gasteiger partial charge on any atom is -0.0998 e. The molecule has 1 rings (SSSR count). The molecule has 0 heterocycles. The molecule has 0 fully saturated rings. The Bertz CT molecular complexity index is 305. The monoisotopic (exact) mass is 202 g/mol. The molecular formula is C15H22. The van der Waals surface area contributed by atoms with Gasteiger partial charge >= 0.3 is 0 Å². The van der Waals surface area contributed by atoms with Gasteiger partial charge in [-0.3, -0.25) is 0 Å². The molecule has 0 heteroatoms. The number of hydrogen-bond donors (Lipinski definition) is 0. The third kappa shape index (κ3) is 3.91. The molecule has 0 aliphatic heterocycles. The highest BCUT2D eigenvalue weighted by Crippen LogP contribution is 2.21. The van der Waals surface area contributed by atoms with Crippen molar-refractivity contribution in [2.75, 3.05) is 0 Å². The summed E-state index contributed by atoms with van der Waals surface area (Å²) >= 11 is 0. The molecule has 82 valence electrons. The van der Waals surface area contributed by atoms with Crippen LogP contribution in [0.4, 0.5) is 0 Å². The Morgan fingerprint density at radius 3 is 2.33 bits per heavy atom. The standard InChI is InChI=1S/C15H22/c1-5-6-13(4)15-9-7-14(8-10-15)11-12(2)3/h7-10,13H,2,5-6,11H2,1,3-4H3. The Balaban J connectivity index is 2.67. The van der Waals surface area contributed by atoms with E-state index in [1.54, 1.807) is 0 Å². The predicted molar refractivity (Wildman–Crippen MR) is 68.3 cm³/mol. The first-order valence-electron chi connectivity index (χ1n) is 5.86. The van der Waals surface area contributed by atoms with Gasteiger partial charge in [0.15, 0.2) is 0 Å². The molecule has 1 unspecified atom stereocenters. The van der Waals surface area contributed by atoms with Crippen LogP contribution in [0.3, 0.4) is 0 Å². The summed E-state index contributed by atoms with van der Waals surface area (Å²) in [5, 5.41) is 0. The molecule has 15 heavy (non-hydrogen) atoms. The fourth-order valence-electron chi connectivity index (χ4n) is 1.91. The summed E-state index contributed by atoms with van der Waals surface area (Å²) in [6, 6.07) is 8.99. The third-order valence-corrected chi connectivity index (χ3v) is 2.78. The second kappa shape index (κ2) is 5.75. The zero-order valence-corrected chi connectivity index (χ0v) is 10.2. The van der Waals surface area contributed by atoms with E-state index in [2.05, 4.69) is 51.6 Å². The molecule has 1 atom stereocenters. The van der Waals surface area contributed by atoms with Crippen molar-refractivity contribution in [3.63, 3.8) is 0 Å². The van der Waals surface area contributed by atoms with E-state index in [1.165, 1.54) is 29.5 Å². The first-order valence-corrected chi connectivity index (χ1v) is 5.86. The molecule has 0 amide bonds. The highest BCUT2D eigenvalue weighted by Gasteiger charge is 2.03. The first kappa shape index (κ1) is 12.0. The van der Waals surface area contributed by atoms with Crippen molar-refractivity contribution in [1.29, 1.82) is 0 Å². The SMILES string of the molecule is C=C(C)Cc1ccc(C(C)CCC)cc1. The van der Waals surface area contributed by atoms with Gasteiger partial charge in [-0.05, 0) is 36.8 Å². The highest BCUT2D eigenvalue weighted by atomic mass is 14.1. The maximum atomic E-state index is 3.94. The first-order chi connectivity index (χ1) is 7.13. The summed E-state index contributed by atoms with van der Waals surface area (Å²) in [4.78, 5) is 0. The van der Waals surface area contributed by atoms with E-state index in [1.807, 2.05) is 0 Å². The molecule has 0 aliphatic rings. The summed E-state index contributed by atoms with van der Waals surface area (Å²) in [6.45, 7) is 10.6. The molecule has 0 N–H and O–H groups in total. The van der Waals surface area contributed by atoms with Gasteiger partial charge < -0.3 is 0 Å². The van der Waals surface area contributed by atoms with Crippen molar-refractivity contribution in [3.8, 4) is 0 Å². The van der Waals surface area contributed by atoms with Gasteiger partial charge in [0.1, 0.15) is 0 Å². The van der Waals surface area contributed by atoms with E-state index in [0.29, 0.717) is 5.92 Å². The van der Waals surface area contributed by atoms with Gasteiger partial charge in [0.2, 0.25) is 0 Å². The van der Waals surface area contributed by atoms with Crippen molar-refractivity contribution in [3.05, 3.63) is 47.5 Å². The van der Waals surface area contributed by atoms with Crippen LogP contribution < -0.4 is 0 Å². The lowest BCUT2D eigenvalue weighted by molar-refractivity contribution is 0.665. The van der Waals surface area contributed by atoms with Crippen molar-refractivity contribution in [1.82, 2.24) is 0 Å². The Hall–Kier alpha value is -1.04. The van der Waals surface area contributed by atoms with E-state index < -0.39 is 0 Å². The quantitative estimate of drug-likeness (QED) is 0.607. The van der Waals surface area contributed by atoms with E-state index in [4.69, 9.17) is 0 Å². The van der Waals surface area contributed by atoms with E-state index >= 15 is 0 Å². The summed E-state index contributed by atoms with van der Waals surface area (Å²) in [6.07, 6.45) is 3.54. The average Bonchev–Trinajstić information content (AvgIpc) is 2.18. The highest BCUT2D eigenvalue weighted by molar-refractivity contribution is 5.27. The van der Waals surface area contributed by atoms with Crippen molar-refractivity contribution >= 4 is 0 Å². The van der Waals surface area contributed by atoms with Crippen LogP contribution in [0.15, 0.2) is 36.4 Å². The van der Waals surface area contributed by atoms with Gasteiger partial charge in [0.25, 0.3) is 0 Å². The molecule has 0 nitrogen and oxygen atoms in total. The minimum atomic E-state index is 0.689. The van der Waals surface area contributed by atoms with Crippen LogP contribution >= 0.6 is 0 Å². The summed E-state index contributed by atoms with van der Waals surface area (Å²) in [5.74, 6) is 0.689. The lowest BCUT2D eigenvalue weighted by Gasteiger charge is -2.11. The second-order valence-electron chi connectivity index (χ2n) is 4.57. The molecule has 0 spiro atoms. The minimum absolute atomic E-state index is 0.689. The predicted octanol–water partition coefficient (Wildman–Crippen LogP) is 4.71. The van der Waals surface area contributed by atoms with Crippen molar-refractivity contribution in [2.45, 2.75) is 46.0 Å². The molecule has 0 saturated heterocycles. The van der Waals surface area contributed by atoms with E-state index in [0.717, 1.165) is 6.42 Å². The second-order valence-corrected chi connectivity index (χ2v) is 4.57. The van der Waals surface area contributed by atoms with Crippen LogP contribution in [-0.4, -0.2) is 0 Å². The summed E-state index contributed by atoms with van der Waals surface area (Å²) < 4.78 is 0. The van der Waals surface area contributed by atoms with Crippen molar-refractivity contribution in [2.24, 2.45) is 0 Å². The fraction of sp³-hybridized carbons (Fsp3) is 0.467. The smallest absolute Gasteiger partial charge is 0.00726 e. The summed E-state index contributed by atoms with van der Waals surface area (Å²) in [5.41, 5.74) is 4.06. The van der Waals surface area contributed by atoms with Crippen LogP contribution in [0.2, 0.25) is 0 Å². The lowest BCUT2D eigenvalue weighted by atomic mass is 9.95. The van der Waals surface area contributed by atoms with Crippen LogP contribution in [0.5, 0.6) is 0 Å². The number of allylic oxidation sites excluding steroid dienone is 1. The number of benzene rings is 1. The third-order valence-electron chi connectivity index (χ3n) is 2.78. The molecule has 0 radical (unpaired) electrons. The largest absolute Gasteiger partial charge is 0.0998 e. The van der Waals surface area contributed by atoms with Crippen LogP contribution in [-0.2, 0) is 6.42 Å². The van der Waals surface area contributed by atoms with Crippen LogP contribution in [0.1, 0.15) is 50.7 Å².